The molecular formula is C31H36O4. The first-order valence-corrected chi connectivity index (χ1v) is 12.3. The van der Waals surface area contributed by atoms with Gasteiger partial charge in [-0.3, -0.25) is 0 Å². The number of rotatable bonds is 10. The van der Waals surface area contributed by atoms with Gasteiger partial charge in [-0.25, -0.2) is 0 Å². The second kappa shape index (κ2) is 12.2. The van der Waals surface area contributed by atoms with Gasteiger partial charge in [0, 0.05) is 5.41 Å². The first kappa shape index (κ1) is 25.2. The van der Waals surface area contributed by atoms with Gasteiger partial charge < -0.3 is 18.9 Å². The van der Waals surface area contributed by atoms with E-state index in [2.05, 4.69) is 63.2 Å². The molecule has 3 atom stereocenters. The molecule has 1 aliphatic heterocycles. The van der Waals surface area contributed by atoms with E-state index in [-0.39, 0.29) is 23.7 Å². The Labute approximate surface area is 209 Å². The summed E-state index contributed by atoms with van der Waals surface area (Å²) in [5.74, 6) is 0.906. The molecule has 35 heavy (non-hydrogen) atoms. The van der Waals surface area contributed by atoms with Gasteiger partial charge in [0.1, 0.15) is 18.0 Å². The Morgan fingerprint density at radius 3 is 1.66 bits per heavy atom. The van der Waals surface area contributed by atoms with Crippen LogP contribution in [0, 0.1) is 5.41 Å². The largest absolute Gasteiger partial charge is 0.489 e. The van der Waals surface area contributed by atoms with Gasteiger partial charge >= 0.3 is 0 Å². The van der Waals surface area contributed by atoms with Crippen molar-refractivity contribution in [2.45, 2.75) is 58.9 Å². The van der Waals surface area contributed by atoms with E-state index in [1.807, 2.05) is 54.6 Å². The smallest absolute Gasteiger partial charge is 0.150 e. The minimum Gasteiger partial charge on any atom is -0.489 e. The lowest BCUT2D eigenvalue weighted by Crippen LogP contribution is -2.48. The molecule has 1 heterocycles. The molecule has 0 N–H and O–H groups in total. The Hall–Kier alpha value is -2.92. The van der Waals surface area contributed by atoms with Gasteiger partial charge in [0.2, 0.25) is 0 Å². The topological polar surface area (TPSA) is 36.9 Å². The van der Waals surface area contributed by atoms with Gasteiger partial charge in [-0.1, -0.05) is 112 Å². The Bertz CT molecular complexity index is 1040. The number of hydrogen-bond donors (Lipinski definition) is 0. The molecule has 0 fully saturated rings. The number of allylic oxidation sites excluding steroid dienone is 1. The maximum absolute atomic E-state index is 6.50. The molecule has 4 nitrogen and oxygen atoms in total. The highest BCUT2D eigenvalue weighted by Gasteiger charge is 2.39. The van der Waals surface area contributed by atoms with Gasteiger partial charge in [-0.2, -0.15) is 0 Å². The molecule has 0 bridgehead atoms. The van der Waals surface area contributed by atoms with Crippen molar-refractivity contribution >= 4 is 0 Å². The van der Waals surface area contributed by atoms with E-state index < -0.39 is 0 Å². The summed E-state index contributed by atoms with van der Waals surface area (Å²) in [5, 5.41) is 0. The molecule has 0 unspecified atom stereocenters. The Balaban J connectivity index is 1.52. The second-order valence-electron chi connectivity index (χ2n) is 9.96. The van der Waals surface area contributed by atoms with Crippen LogP contribution >= 0.6 is 0 Å². The molecule has 0 radical (unpaired) electrons. The summed E-state index contributed by atoms with van der Waals surface area (Å²) in [5.41, 5.74) is 3.22. The molecule has 0 saturated carbocycles. The fourth-order valence-electron chi connectivity index (χ4n) is 4.03. The Morgan fingerprint density at radius 2 is 1.14 bits per heavy atom. The lowest BCUT2D eigenvalue weighted by atomic mass is 9.89. The zero-order valence-electron chi connectivity index (χ0n) is 20.9. The lowest BCUT2D eigenvalue weighted by Gasteiger charge is -2.40. The van der Waals surface area contributed by atoms with Crippen molar-refractivity contribution in [1.82, 2.24) is 0 Å². The van der Waals surface area contributed by atoms with Crippen LogP contribution in [0.25, 0.3) is 0 Å². The molecule has 184 valence electrons. The van der Waals surface area contributed by atoms with E-state index in [9.17, 15) is 0 Å². The number of benzene rings is 3. The minimum absolute atomic E-state index is 0.156. The third kappa shape index (κ3) is 7.53. The van der Waals surface area contributed by atoms with E-state index in [0.29, 0.717) is 26.4 Å². The third-order valence-electron chi connectivity index (χ3n) is 5.99. The highest BCUT2D eigenvalue weighted by molar-refractivity contribution is 5.17. The SMILES string of the molecule is CC(C)(C)C1=C[C@@H](OCc2ccccc2)[C@H](OCc2ccccc2)[C@@H](COCc2ccccc2)O1. The first-order valence-electron chi connectivity index (χ1n) is 12.3. The summed E-state index contributed by atoms with van der Waals surface area (Å²) >= 11 is 0. The first-order chi connectivity index (χ1) is 17.0. The van der Waals surface area contributed by atoms with Crippen LogP contribution in [0.15, 0.2) is 103 Å². The lowest BCUT2D eigenvalue weighted by molar-refractivity contribution is -0.159. The van der Waals surface area contributed by atoms with Crippen LogP contribution in [0.1, 0.15) is 37.5 Å². The molecule has 0 saturated heterocycles. The van der Waals surface area contributed by atoms with Crippen molar-refractivity contribution in [3.05, 3.63) is 120 Å². The van der Waals surface area contributed by atoms with Crippen molar-refractivity contribution in [2.24, 2.45) is 5.41 Å². The van der Waals surface area contributed by atoms with Crippen LogP contribution < -0.4 is 0 Å². The molecule has 3 aromatic carbocycles. The Morgan fingerprint density at radius 1 is 0.657 bits per heavy atom. The summed E-state index contributed by atoms with van der Waals surface area (Å²) in [7, 11) is 0. The molecule has 0 amide bonds. The highest BCUT2D eigenvalue weighted by Crippen LogP contribution is 2.35. The summed E-state index contributed by atoms with van der Waals surface area (Å²) in [4.78, 5) is 0. The predicted octanol–water partition coefficient (Wildman–Crippen LogP) is 6.70. The van der Waals surface area contributed by atoms with Crippen LogP contribution in [0.3, 0.4) is 0 Å². The molecular weight excluding hydrogens is 436 g/mol. The van der Waals surface area contributed by atoms with Crippen molar-refractivity contribution < 1.29 is 18.9 Å². The minimum atomic E-state index is -0.305. The van der Waals surface area contributed by atoms with Crippen molar-refractivity contribution in [3.8, 4) is 0 Å². The van der Waals surface area contributed by atoms with Crippen LogP contribution in [-0.2, 0) is 38.8 Å². The average molecular weight is 473 g/mol. The number of ether oxygens (including phenoxy) is 4. The van der Waals surface area contributed by atoms with Gasteiger partial charge in [-0.05, 0) is 22.8 Å². The molecule has 0 aromatic heterocycles. The average Bonchev–Trinajstić information content (AvgIpc) is 2.88. The summed E-state index contributed by atoms with van der Waals surface area (Å²) in [6.45, 7) is 8.37. The molecule has 0 aliphatic carbocycles. The van der Waals surface area contributed by atoms with Gasteiger partial charge in [0.05, 0.1) is 26.4 Å². The fraction of sp³-hybridized carbons (Fsp3) is 0.355. The van der Waals surface area contributed by atoms with Gasteiger partial charge in [0.15, 0.2) is 6.10 Å². The Kier molecular flexibility index (Phi) is 8.75. The molecule has 1 aliphatic rings. The molecule has 4 rings (SSSR count). The van der Waals surface area contributed by atoms with E-state index in [0.717, 1.165) is 22.4 Å². The van der Waals surface area contributed by atoms with Crippen LogP contribution in [0.2, 0.25) is 0 Å². The van der Waals surface area contributed by atoms with E-state index in [4.69, 9.17) is 18.9 Å². The quantitative estimate of drug-likeness (QED) is 0.329. The van der Waals surface area contributed by atoms with Gasteiger partial charge in [-0.15, -0.1) is 0 Å². The summed E-state index contributed by atoms with van der Waals surface area (Å²) in [6.07, 6.45) is 1.24. The van der Waals surface area contributed by atoms with E-state index in [1.54, 1.807) is 0 Å². The second-order valence-corrected chi connectivity index (χ2v) is 9.96. The molecule has 3 aromatic rings. The zero-order valence-corrected chi connectivity index (χ0v) is 20.9. The normalized spacial score (nSPS) is 20.2. The maximum Gasteiger partial charge on any atom is 0.150 e. The summed E-state index contributed by atoms with van der Waals surface area (Å²) < 4.78 is 25.6. The zero-order chi connectivity index (χ0) is 24.5. The predicted molar refractivity (Wildman–Crippen MR) is 139 cm³/mol. The third-order valence-corrected chi connectivity index (χ3v) is 5.99. The van der Waals surface area contributed by atoms with E-state index in [1.165, 1.54) is 0 Å². The van der Waals surface area contributed by atoms with Gasteiger partial charge in [0.25, 0.3) is 0 Å². The fourth-order valence-corrected chi connectivity index (χ4v) is 4.03. The van der Waals surface area contributed by atoms with Crippen molar-refractivity contribution in [3.63, 3.8) is 0 Å². The van der Waals surface area contributed by atoms with Crippen molar-refractivity contribution in [2.75, 3.05) is 6.61 Å². The molecule has 4 heteroatoms. The van der Waals surface area contributed by atoms with Crippen LogP contribution in [0.5, 0.6) is 0 Å². The molecule has 0 spiro atoms. The maximum atomic E-state index is 6.50. The standard InChI is InChI=1S/C31H36O4/c1-31(2,3)29-19-27(33-21-25-15-9-5-10-16-25)30(34-22-26-17-11-6-12-18-26)28(35-29)23-32-20-24-13-7-4-8-14-24/h4-19,27-28,30H,20-23H2,1-3H3/t27-,28-,30+/m1/s1. The number of hydrogen-bond acceptors (Lipinski definition) is 4. The van der Waals surface area contributed by atoms with Crippen LogP contribution in [0.4, 0.5) is 0 Å². The van der Waals surface area contributed by atoms with Crippen molar-refractivity contribution in [1.29, 1.82) is 0 Å². The summed E-state index contributed by atoms with van der Waals surface area (Å²) in [6, 6.07) is 30.6. The van der Waals surface area contributed by atoms with E-state index >= 15 is 0 Å². The monoisotopic (exact) mass is 472 g/mol. The highest BCUT2D eigenvalue weighted by atomic mass is 16.6. The van der Waals surface area contributed by atoms with Crippen LogP contribution in [-0.4, -0.2) is 24.9 Å².